The third-order valence-corrected chi connectivity index (χ3v) is 3.97. The van der Waals surface area contributed by atoms with E-state index < -0.39 is 18.0 Å². The quantitative estimate of drug-likeness (QED) is 0.757. The third-order valence-electron chi connectivity index (χ3n) is 3.18. The van der Waals surface area contributed by atoms with Gasteiger partial charge in [-0.2, -0.15) is 0 Å². The highest BCUT2D eigenvalue weighted by Gasteiger charge is 2.19. The van der Waals surface area contributed by atoms with Crippen LogP contribution >= 0.6 is 11.8 Å². The van der Waals surface area contributed by atoms with E-state index in [-0.39, 0.29) is 5.12 Å². The lowest BCUT2D eigenvalue weighted by atomic mass is 10.1. The summed E-state index contributed by atoms with van der Waals surface area (Å²) in [4.78, 5) is 35.6. The molecule has 1 aromatic carbocycles. The second-order valence-electron chi connectivity index (χ2n) is 5.07. The molecule has 0 aliphatic carbocycles. The van der Waals surface area contributed by atoms with Crippen molar-refractivity contribution in [3.8, 4) is 0 Å². The minimum Gasteiger partial charge on any atom is -0.480 e. The van der Waals surface area contributed by atoms with Crippen molar-refractivity contribution in [3.63, 3.8) is 0 Å². The van der Waals surface area contributed by atoms with Gasteiger partial charge in [0.05, 0.1) is 0 Å². The summed E-state index contributed by atoms with van der Waals surface area (Å²) >= 11 is 1.15. The standard InChI is InChI=1S/C16H22N2O4S/c1-12(15(20)21)17-16(22)18(10-11-23-13(2)19)9-8-14-6-4-3-5-7-14/h3-7,12H,8-11H2,1-2H3,(H,17,22)(H,20,21)/t12-/m0/s1. The summed E-state index contributed by atoms with van der Waals surface area (Å²) in [5, 5.41) is 11.3. The molecular weight excluding hydrogens is 316 g/mol. The first kappa shape index (κ1) is 19.0. The second kappa shape index (κ2) is 9.89. The Morgan fingerprint density at radius 2 is 1.87 bits per heavy atom. The summed E-state index contributed by atoms with van der Waals surface area (Å²) in [7, 11) is 0. The fourth-order valence-corrected chi connectivity index (χ4v) is 2.46. The Hall–Kier alpha value is -2.02. The van der Waals surface area contributed by atoms with Crippen molar-refractivity contribution in [2.45, 2.75) is 26.3 Å². The lowest BCUT2D eigenvalue weighted by Crippen LogP contribution is -2.48. The molecule has 0 spiro atoms. The van der Waals surface area contributed by atoms with E-state index in [1.54, 1.807) is 4.90 Å². The van der Waals surface area contributed by atoms with Gasteiger partial charge in [-0.15, -0.1) is 0 Å². The number of hydrogen-bond acceptors (Lipinski definition) is 4. The monoisotopic (exact) mass is 338 g/mol. The van der Waals surface area contributed by atoms with Crippen molar-refractivity contribution >= 4 is 28.9 Å². The first-order valence-electron chi connectivity index (χ1n) is 7.35. The van der Waals surface area contributed by atoms with Crippen molar-refractivity contribution in [1.29, 1.82) is 0 Å². The van der Waals surface area contributed by atoms with Crippen molar-refractivity contribution in [1.82, 2.24) is 10.2 Å². The Bertz CT molecular complexity index is 536. The van der Waals surface area contributed by atoms with Crippen LogP contribution in [-0.4, -0.2) is 52.0 Å². The molecular formula is C16H22N2O4S. The normalized spacial score (nSPS) is 11.6. The summed E-state index contributed by atoms with van der Waals surface area (Å²) in [6.45, 7) is 3.74. The maximum atomic E-state index is 12.2. The molecule has 1 aromatic rings. The highest BCUT2D eigenvalue weighted by Crippen LogP contribution is 2.06. The highest BCUT2D eigenvalue weighted by molar-refractivity contribution is 8.13. The number of nitrogens with zero attached hydrogens (tertiary/aromatic N) is 1. The van der Waals surface area contributed by atoms with Gasteiger partial charge in [0.1, 0.15) is 6.04 Å². The number of urea groups is 1. The number of nitrogens with one attached hydrogen (secondary N) is 1. The molecule has 0 saturated carbocycles. The maximum absolute atomic E-state index is 12.2. The van der Waals surface area contributed by atoms with E-state index in [2.05, 4.69) is 5.32 Å². The third kappa shape index (κ3) is 7.69. The van der Waals surface area contributed by atoms with Crippen LogP contribution in [0.3, 0.4) is 0 Å². The number of carboxylic acid groups (broad SMARTS) is 1. The second-order valence-corrected chi connectivity index (χ2v) is 6.34. The smallest absolute Gasteiger partial charge is 0.325 e. The zero-order chi connectivity index (χ0) is 17.2. The molecule has 1 rings (SSSR count). The number of aliphatic carboxylic acids is 1. The number of amides is 2. The zero-order valence-electron chi connectivity index (χ0n) is 13.3. The predicted octanol–water partition coefficient (Wildman–Crippen LogP) is 1.99. The van der Waals surface area contributed by atoms with E-state index >= 15 is 0 Å². The van der Waals surface area contributed by atoms with E-state index in [9.17, 15) is 14.4 Å². The van der Waals surface area contributed by atoms with Crippen LogP contribution in [0.5, 0.6) is 0 Å². The molecule has 0 radical (unpaired) electrons. The lowest BCUT2D eigenvalue weighted by Gasteiger charge is -2.24. The number of carboxylic acids is 1. The van der Waals surface area contributed by atoms with Gasteiger partial charge in [0, 0.05) is 25.8 Å². The van der Waals surface area contributed by atoms with Crippen LogP contribution in [0.25, 0.3) is 0 Å². The lowest BCUT2D eigenvalue weighted by molar-refractivity contribution is -0.138. The van der Waals surface area contributed by atoms with Crippen LogP contribution in [0.2, 0.25) is 0 Å². The summed E-state index contributed by atoms with van der Waals surface area (Å²) < 4.78 is 0. The van der Waals surface area contributed by atoms with Crippen LogP contribution in [0.1, 0.15) is 19.4 Å². The van der Waals surface area contributed by atoms with E-state index in [1.165, 1.54) is 13.8 Å². The van der Waals surface area contributed by atoms with E-state index in [0.29, 0.717) is 25.3 Å². The first-order valence-corrected chi connectivity index (χ1v) is 8.34. The summed E-state index contributed by atoms with van der Waals surface area (Å²) in [6.07, 6.45) is 0.667. The van der Waals surface area contributed by atoms with Crippen molar-refractivity contribution in [2.24, 2.45) is 0 Å². The topological polar surface area (TPSA) is 86.7 Å². The highest BCUT2D eigenvalue weighted by atomic mass is 32.2. The van der Waals surface area contributed by atoms with Gasteiger partial charge in [-0.25, -0.2) is 4.79 Å². The van der Waals surface area contributed by atoms with Gasteiger partial charge in [0.25, 0.3) is 0 Å². The van der Waals surface area contributed by atoms with Gasteiger partial charge in [-0.1, -0.05) is 42.1 Å². The van der Waals surface area contributed by atoms with Crippen LogP contribution in [0.4, 0.5) is 4.79 Å². The van der Waals surface area contributed by atoms with E-state index in [4.69, 9.17) is 5.11 Å². The van der Waals surface area contributed by atoms with E-state index in [1.807, 2.05) is 30.3 Å². The SMILES string of the molecule is CC(=O)SCCN(CCc1ccccc1)C(=O)N[C@@H](C)C(=O)O. The summed E-state index contributed by atoms with van der Waals surface area (Å²) in [5.41, 5.74) is 1.09. The fourth-order valence-electron chi connectivity index (χ4n) is 1.86. The molecule has 2 N–H and O–H groups in total. The Morgan fingerprint density at radius 1 is 1.22 bits per heavy atom. The molecule has 7 heteroatoms. The fraction of sp³-hybridized carbons (Fsp3) is 0.438. The Kier molecular flexibility index (Phi) is 8.18. The van der Waals surface area contributed by atoms with Crippen LogP contribution in [0.15, 0.2) is 30.3 Å². The molecule has 0 aliphatic rings. The molecule has 0 unspecified atom stereocenters. The van der Waals surface area contributed by atoms with Gasteiger partial charge in [0.15, 0.2) is 5.12 Å². The largest absolute Gasteiger partial charge is 0.480 e. The first-order chi connectivity index (χ1) is 10.9. The predicted molar refractivity (Wildman–Crippen MR) is 90.5 cm³/mol. The molecule has 2 amide bonds. The molecule has 23 heavy (non-hydrogen) atoms. The minimum absolute atomic E-state index is 0.00711. The number of carbonyl (C=O) groups is 3. The average Bonchev–Trinajstić information content (AvgIpc) is 2.51. The van der Waals surface area contributed by atoms with Crippen molar-refractivity contribution in [3.05, 3.63) is 35.9 Å². The molecule has 0 heterocycles. The van der Waals surface area contributed by atoms with Crippen LogP contribution in [0, 0.1) is 0 Å². The average molecular weight is 338 g/mol. The Morgan fingerprint density at radius 3 is 2.43 bits per heavy atom. The van der Waals surface area contributed by atoms with Crippen LogP contribution in [-0.2, 0) is 16.0 Å². The number of carbonyl (C=O) groups excluding carboxylic acids is 2. The zero-order valence-corrected chi connectivity index (χ0v) is 14.1. The van der Waals surface area contributed by atoms with Gasteiger partial charge < -0.3 is 15.3 Å². The summed E-state index contributed by atoms with van der Waals surface area (Å²) in [6, 6.07) is 8.34. The maximum Gasteiger partial charge on any atom is 0.325 e. The Balaban J connectivity index is 2.61. The molecule has 0 bridgehead atoms. The number of rotatable bonds is 8. The molecule has 0 saturated heterocycles. The van der Waals surface area contributed by atoms with Gasteiger partial charge in [-0.3, -0.25) is 9.59 Å². The Labute approximate surface area is 140 Å². The van der Waals surface area contributed by atoms with Gasteiger partial charge >= 0.3 is 12.0 Å². The number of hydrogen-bond donors (Lipinski definition) is 2. The van der Waals surface area contributed by atoms with Crippen LogP contribution < -0.4 is 5.32 Å². The molecule has 1 atom stereocenters. The molecule has 6 nitrogen and oxygen atoms in total. The summed E-state index contributed by atoms with van der Waals surface area (Å²) in [5.74, 6) is -0.599. The molecule has 126 valence electrons. The van der Waals surface area contributed by atoms with Gasteiger partial charge in [0.2, 0.25) is 0 Å². The molecule has 0 aromatic heterocycles. The van der Waals surface area contributed by atoms with Crippen molar-refractivity contribution in [2.75, 3.05) is 18.8 Å². The van der Waals surface area contributed by atoms with E-state index in [0.717, 1.165) is 17.3 Å². The minimum atomic E-state index is -1.08. The molecule has 0 fully saturated rings. The number of benzene rings is 1. The van der Waals surface area contributed by atoms with Gasteiger partial charge in [-0.05, 0) is 18.9 Å². The number of thioether (sulfide) groups is 1. The van der Waals surface area contributed by atoms with Crippen molar-refractivity contribution < 1.29 is 19.5 Å². The molecule has 0 aliphatic heterocycles.